The molecular formula is C17H14N4O2. The van der Waals surface area contributed by atoms with Crippen LogP contribution in [0.1, 0.15) is 17.4 Å². The first kappa shape index (κ1) is 14.6. The van der Waals surface area contributed by atoms with E-state index in [0.29, 0.717) is 16.9 Å². The van der Waals surface area contributed by atoms with Gasteiger partial charge in [0.05, 0.1) is 17.2 Å². The van der Waals surface area contributed by atoms with Gasteiger partial charge in [-0.25, -0.2) is 4.98 Å². The molecule has 0 fully saturated rings. The molecular weight excluding hydrogens is 292 g/mol. The minimum atomic E-state index is -0.358. The molecule has 0 radical (unpaired) electrons. The van der Waals surface area contributed by atoms with Crippen LogP contribution in [-0.4, -0.2) is 21.8 Å². The van der Waals surface area contributed by atoms with Gasteiger partial charge in [0.2, 0.25) is 5.91 Å². The molecule has 1 heterocycles. The van der Waals surface area contributed by atoms with Gasteiger partial charge >= 0.3 is 0 Å². The molecule has 0 spiro atoms. The lowest BCUT2D eigenvalue weighted by Gasteiger charge is -2.07. The van der Waals surface area contributed by atoms with E-state index in [1.807, 2.05) is 18.2 Å². The number of carbonyl (C=O) groups excluding carboxylic acids is 2. The first-order valence-corrected chi connectivity index (χ1v) is 7.02. The molecule has 6 heteroatoms. The van der Waals surface area contributed by atoms with Gasteiger partial charge < -0.3 is 10.6 Å². The van der Waals surface area contributed by atoms with E-state index in [2.05, 4.69) is 20.6 Å². The molecule has 0 aliphatic rings. The molecule has 6 nitrogen and oxygen atoms in total. The Morgan fingerprint density at radius 3 is 2.35 bits per heavy atom. The average Bonchev–Trinajstić information content (AvgIpc) is 2.54. The number of amides is 2. The molecule has 0 saturated carbocycles. The number of benzene rings is 2. The summed E-state index contributed by atoms with van der Waals surface area (Å²) in [4.78, 5) is 31.9. The first-order chi connectivity index (χ1) is 11.1. The third-order valence-corrected chi connectivity index (χ3v) is 3.12. The second kappa shape index (κ2) is 6.23. The van der Waals surface area contributed by atoms with Crippen molar-refractivity contribution in [1.29, 1.82) is 0 Å². The minimum absolute atomic E-state index is 0.172. The van der Waals surface area contributed by atoms with Gasteiger partial charge in [-0.05, 0) is 30.3 Å². The Labute approximate surface area is 132 Å². The van der Waals surface area contributed by atoms with Crippen LogP contribution in [0, 0.1) is 0 Å². The highest BCUT2D eigenvalue weighted by atomic mass is 16.2. The van der Waals surface area contributed by atoms with Crippen LogP contribution < -0.4 is 10.6 Å². The van der Waals surface area contributed by atoms with E-state index in [1.165, 1.54) is 13.1 Å². The molecule has 2 amide bonds. The molecule has 2 N–H and O–H groups in total. The van der Waals surface area contributed by atoms with Crippen molar-refractivity contribution in [1.82, 2.24) is 9.97 Å². The standard InChI is InChI=1S/C17H14N4O2/c1-11(22)19-12-5-4-6-13(9-12)20-17(23)16-10-18-14-7-2-3-8-15(14)21-16/h2-10H,1H3,(H,19,22)(H,20,23). The maximum atomic E-state index is 12.3. The van der Waals surface area contributed by atoms with E-state index >= 15 is 0 Å². The third kappa shape index (κ3) is 3.49. The summed E-state index contributed by atoms with van der Waals surface area (Å²) in [5.41, 5.74) is 2.80. The SMILES string of the molecule is CC(=O)Nc1cccc(NC(=O)c2cnc3ccccc3n2)c1. The second-order valence-corrected chi connectivity index (χ2v) is 4.96. The van der Waals surface area contributed by atoms with Gasteiger partial charge in [-0.2, -0.15) is 0 Å². The van der Waals surface area contributed by atoms with E-state index < -0.39 is 0 Å². The van der Waals surface area contributed by atoms with Crippen LogP contribution in [0.25, 0.3) is 11.0 Å². The number of fused-ring (bicyclic) bond motifs is 1. The molecule has 2 aromatic carbocycles. The summed E-state index contributed by atoms with van der Waals surface area (Å²) >= 11 is 0. The number of hydrogen-bond acceptors (Lipinski definition) is 4. The first-order valence-electron chi connectivity index (χ1n) is 7.02. The quantitative estimate of drug-likeness (QED) is 0.779. The summed E-state index contributed by atoms with van der Waals surface area (Å²) in [6.07, 6.45) is 1.44. The highest BCUT2D eigenvalue weighted by molar-refractivity contribution is 6.04. The maximum Gasteiger partial charge on any atom is 0.275 e. The zero-order valence-corrected chi connectivity index (χ0v) is 12.4. The molecule has 0 aliphatic carbocycles. The summed E-state index contributed by atoms with van der Waals surface area (Å²) in [6, 6.07) is 14.2. The lowest BCUT2D eigenvalue weighted by atomic mass is 10.2. The zero-order chi connectivity index (χ0) is 16.2. The van der Waals surface area contributed by atoms with Gasteiger partial charge in [-0.15, -0.1) is 0 Å². The molecule has 1 aromatic heterocycles. The monoisotopic (exact) mass is 306 g/mol. The number of nitrogens with zero attached hydrogens (tertiary/aromatic N) is 2. The number of rotatable bonds is 3. The Kier molecular flexibility index (Phi) is 3.97. The van der Waals surface area contributed by atoms with Crippen LogP contribution in [0.3, 0.4) is 0 Å². The Bertz CT molecular complexity index is 892. The number of nitrogens with one attached hydrogen (secondary N) is 2. The van der Waals surface area contributed by atoms with Crippen LogP contribution in [0.15, 0.2) is 54.7 Å². The molecule has 3 rings (SSSR count). The second-order valence-electron chi connectivity index (χ2n) is 4.96. The molecule has 0 atom stereocenters. The lowest BCUT2D eigenvalue weighted by Crippen LogP contribution is -2.14. The van der Waals surface area contributed by atoms with Crippen molar-refractivity contribution >= 4 is 34.2 Å². The lowest BCUT2D eigenvalue weighted by molar-refractivity contribution is -0.114. The largest absolute Gasteiger partial charge is 0.326 e. The highest BCUT2D eigenvalue weighted by Gasteiger charge is 2.10. The Morgan fingerprint density at radius 2 is 1.61 bits per heavy atom. The van der Waals surface area contributed by atoms with E-state index in [9.17, 15) is 9.59 Å². The fourth-order valence-corrected chi connectivity index (χ4v) is 2.14. The zero-order valence-electron chi connectivity index (χ0n) is 12.4. The topological polar surface area (TPSA) is 84.0 Å². The molecule has 23 heavy (non-hydrogen) atoms. The summed E-state index contributed by atoms with van der Waals surface area (Å²) in [5, 5.41) is 5.41. The number of para-hydroxylation sites is 2. The number of carbonyl (C=O) groups is 2. The van der Waals surface area contributed by atoms with Crippen molar-refractivity contribution in [2.75, 3.05) is 10.6 Å². The smallest absolute Gasteiger partial charge is 0.275 e. The van der Waals surface area contributed by atoms with Gasteiger partial charge in [0, 0.05) is 18.3 Å². The van der Waals surface area contributed by atoms with Gasteiger partial charge in [0.15, 0.2) is 0 Å². The van der Waals surface area contributed by atoms with Gasteiger partial charge in [-0.1, -0.05) is 18.2 Å². The summed E-state index contributed by atoms with van der Waals surface area (Å²) in [6.45, 7) is 1.43. The summed E-state index contributed by atoms with van der Waals surface area (Å²) in [5.74, 6) is -0.530. The maximum absolute atomic E-state index is 12.3. The Hall–Kier alpha value is -3.28. The van der Waals surface area contributed by atoms with Crippen LogP contribution >= 0.6 is 0 Å². The third-order valence-electron chi connectivity index (χ3n) is 3.12. The molecule has 0 saturated heterocycles. The fraction of sp³-hybridized carbons (Fsp3) is 0.0588. The van der Waals surface area contributed by atoms with Gasteiger partial charge in [0.25, 0.3) is 5.91 Å². The van der Waals surface area contributed by atoms with Crippen molar-refractivity contribution in [2.24, 2.45) is 0 Å². The predicted octanol–water partition coefficient (Wildman–Crippen LogP) is 2.84. The van der Waals surface area contributed by atoms with E-state index in [4.69, 9.17) is 0 Å². The fourth-order valence-electron chi connectivity index (χ4n) is 2.14. The minimum Gasteiger partial charge on any atom is -0.326 e. The van der Waals surface area contributed by atoms with Crippen LogP contribution in [0.5, 0.6) is 0 Å². The van der Waals surface area contributed by atoms with Crippen LogP contribution in [-0.2, 0) is 4.79 Å². The average molecular weight is 306 g/mol. The van der Waals surface area contributed by atoms with Crippen molar-refractivity contribution < 1.29 is 9.59 Å². The highest BCUT2D eigenvalue weighted by Crippen LogP contribution is 2.16. The van der Waals surface area contributed by atoms with Crippen molar-refractivity contribution in [3.8, 4) is 0 Å². The molecule has 114 valence electrons. The Balaban J connectivity index is 1.81. The molecule has 3 aromatic rings. The van der Waals surface area contributed by atoms with E-state index in [-0.39, 0.29) is 17.5 Å². The van der Waals surface area contributed by atoms with Crippen molar-refractivity contribution in [3.05, 3.63) is 60.4 Å². The van der Waals surface area contributed by atoms with Crippen molar-refractivity contribution in [3.63, 3.8) is 0 Å². The number of anilines is 2. The van der Waals surface area contributed by atoms with Gasteiger partial charge in [-0.3, -0.25) is 14.6 Å². The molecule has 0 aliphatic heterocycles. The Morgan fingerprint density at radius 1 is 0.913 bits per heavy atom. The number of aromatic nitrogens is 2. The van der Waals surface area contributed by atoms with Gasteiger partial charge in [0.1, 0.15) is 5.69 Å². The van der Waals surface area contributed by atoms with E-state index in [1.54, 1.807) is 30.3 Å². The van der Waals surface area contributed by atoms with Crippen LogP contribution in [0.2, 0.25) is 0 Å². The molecule has 0 bridgehead atoms. The van der Waals surface area contributed by atoms with Crippen LogP contribution in [0.4, 0.5) is 11.4 Å². The van der Waals surface area contributed by atoms with E-state index in [0.717, 1.165) is 5.52 Å². The predicted molar refractivity (Wildman–Crippen MR) is 88.2 cm³/mol. The number of hydrogen-bond donors (Lipinski definition) is 2. The summed E-state index contributed by atoms with van der Waals surface area (Å²) < 4.78 is 0. The van der Waals surface area contributed by atoms with Crippen molar-refractivity contribution in [2.45, 2.75) is 6.92 Å². The molecule has 0 unspecified atom stereocenters. The normalized spacial score (nSPS) is 10.3. The summed E-state index contributed by atoms with van der Waals surface area (Å²) in [7, 11) is 0.